The van der Waals surface area contributed by atoms with Crippen LogP contribution in [-0.2, 0) is 33.2 Å². The largest absolute Gasteiger partial charge is 0.508 e. The number of esters is 1. The number of phenolic OH excluding ortho intramolecular Hbond substituents is 3. The van der Waals surface area contributed by atoms with E-state index in [4.69, 9.17) is 37.9 Å². The maximum atomic E-state index is 12.8. The van der Waals surface area contributed by atoms with Gasteiger partial charge in [-0.1, -0.05) is 24.3 Å². The minimum atomic E-state index is -2.02. The van der Waals surface area contributed by atoms with Crippen molar-refractivity contribution in [2.24, 2.45) is 0 Å². The van der Waals surface area contributed by atoms with Gasteiger partial charge in [0.2, 0.25) is 12.6 Å². The lowest BCUT2D eigenvalue weighted by molar-refractivity contribution is -0.364. The van der Waals surface area contributed by atoms with E-state index in [9.17, 15) is 71.2 Å². The number of fused-ring (bicyclic) bond motifs is 1. The summed E-state index contributed by atoms with van der Waals surface area (Å²) in [6.07, 6.45) is -24.4. The van der Waals surface area contributed by atoms with Gasteiger partial charge in [0.1, 0.15) is 108 Å². The van der Waals surface area contributed by atoms with Crippen molar-refractivity contribution in [1.82, 2.24) is 0 Å². The molecule has 0 aromatic heterocycles. The lowest BCUT2D eigenvalue weighted by atomic mass is 9.97. The van der Waals surface area contributed by atoms with E-state index in [0.717, 1.165) is 12.1 Å². The first-order valence-electron chi connectivity index (χ1n) is 19.9. The molecule has 0 saturated carbocycles. The van der Waals surface area contributed by atoms with E-state index in [1.165, 1.54) is 66.7 Å². The second-order valence-corrected chi connectivity index (χ2v) is 15.3. The van der Waals surface area contributed by atoms with Gasteiger partial charge in [0.25, 0.3) is 0 Å². The molecule has 4 aliphatic rings. The summed E-state index contributed by atoms with van der Waals surface area (Å²) in [6, 6.07) is 13.7. The molecule has 3 aromatic carbocycles. The molecule has 0 bridgehead atoms. The molecule has 348 valence electrons. The fraction of sp³-hybridized carbons (Fsp3) is 0.452. The summed E-state index contributed by atoms with van der Waals surface area (Å²) < 4.78 is 46.9. The van der Waals surface area contributed by atoms with Gasteiger partial charge in [-0.2, -0.15) is 0 Å². The number of aliphatic hydroxyl groups is 10. The Morgan fingerprint density at radius 1 is 0.609 bits per heavy atom. The zero-order valence-corrected chi connectivity index (χ0v) is 33.4. The van der Waals surface area contributed by atoms with Crippen molar-refractivity contribution >= 4 is 18.1 Å². The predicted molar refractivity (Wildman–Crippen MR) is 210 cm³/mol. The van der Waals surface area contributed by atoms with Crippen LogP contribution in [0.2, 0.25) is 0 Å². The molecule has 13 N–H and O–H groups in total. The van der Waals surface area contributed by atoms with Crippen molar-refractivity contribution in [2.45, 2.75) is 98.2 Å². The first-order chi connectivity index (χ1) is 30.6. The van der Waals surface area contributed by atoms with Crippen LogP contribution in [0.15, 0.2) is 72.5 Å². The Morgan fingerprint density at radius 2 is 1.17 bits per heavy atom. The highest BCUT2D eigenvalue weighted by molar-refractivity contribution is 5.87. The van der Waals surface area contributed by atoms with Gasteiger partial charge >= 0.3 is 5.97 Å². The first-order valence-corrected chi connectivity index (χ1v) is 19.9. The van der Waals surface area contributed by atoms with E-state index >= 15 is 0 Å². The second kappa shape index (κ2) is 19.9. The van der Waals surface area contributed by atoms with E-state index in [-0.39, 0.29) is 34.3 Å². The van der Waals surface area contributed by atoms with Gasteiger partial charge in [-0.3, -0.25) is 0 Å². The minimum Gasteiger partial charge on any atom is -0.508 e. The third-order valence-corrected chi connectivity index (χ3v) is 10.9. The summed E-state index contributed by atoms with van der Waals surface area (Å²) in [5, 5.41) is 136. The van der Waals surface area contributed by atoms with Crippen molar-refractivity contribution in [3.8, 4) is 28.7 Å². The molecule has 3 aromatic rings. The number of aromatic hydroxyl groups is 3. The zero-order chi connectivity index (χ0) is 46.0. The number of hydrogen-bond acceptors (Lipinski definition) is 22. The standard InChI is InChI=1S/C42H48O22/c43-14-26-30(49)33(52)36(55)40(61-26)59-24-12-21(47)11-23-22(24)13-25(38(58-23)18-4-8-20(46)9-5-18)60-42-39(64-41-37(56)34(53)31(50)27(15-44)62-41)35(54)32(51)28(63-42)16-57-29(48)10-3-17-1-6-19(45)7-2-17/h1-13,26-28,30-47,49-56H,14-16H2. The molecule has 22 nitrogen and oxygen atoms in total. The number of phenols is 3. The molecule has 16 unspecified atom stereocenters. The van der Waals surface area contributed by atoms with E-state index < -0.39 is 130 Å². The normalized spacial score (nSPS) is 35.2. The molecule has 4 aliphatic heterocycles. The average molecular weight is 905 g/mol. The van der Waals surface area contributed by atoms with E-state index in [1.54, 1.807) is 0 Å². The third-order valence-electron chi connectivity index (χ3n) is 10.9. The fourth-order valence-electron chi connectivity index (χ4n) is 7.31. The number of hydrogen-bond donors (Lipinski definition) is 13. The van der Waals surface area contributed by atoms with Crippen LogP contribution in [0.5, 0.6) is 28.7 Å². The molecule has 16 atom stereocenters. The lowest BCUT2D eigenvalue weighted by Gasteiger charge is -2.46. The van der Waals surface area contributed by atoms with Gasteiger partial charge in [0, 0.05) is 23.8 Å². The highest BCUT2D eigenvalue weighted by Crippen LogP contribution is 2.46. The quantitative estimate of drug-likeness (QED) is 0.0616. The molecule has 64 heavy (non-hydrogen) atoms. The van der Waals surface area contributed by atoms with E-state index in [1.807, 2.05) is 0 Å². The van der Waals surface area contributed by atoms with Gasteiger partial charge in [0.05, 0.1) is 18.8 Å². The van der Waals surface area contributed by atoms with Crippen molar-refractivity contribution in [3.63, 3.8) is 0 Å². The van der Waals surface area contributed by atoms with Crippen LogP contribution in [0.25, 0.3) is 12.2 Å². The average Bonchev–Trinajstić information content (AvgIpc) is 3.28. The Morgan fingerprint density at radius 3 is 1.80 bits per heavy atom. The highest BCUT2D eigenvalue weighted by atomic mass is 16.8. The molecule has 0 radical (unpaired) electrons. The Balaban J connectivity index is 1.23. The molecule has 0 aliphatic carbocycles. The van der Waals surface area contributed by atoms with Gasteiger partial charge in [-0.05, 0) is 42.0 Å². The van der Waals surface area contributed by atoms with Gasteiger partial charge in [0.15, 0.2) is 18.5 Å². The minimum absolute atomic E-state index is 0.00242. The molecule has 7 rings (SSSR count). The van der Waals surface area contributed by atoms with Crippen LogP contribution in [0.3, 0.4) is 0 Å². The number of aliphatic hydroxyl groups excluding tert-OH is 10. The summed E-state index contributed by atoms with van der Waals surface area (Å²) in [5.74, 6) is -1.98. The SMILES string of the molecule is O=C(C=Cc1ccc(O)cc1)OCC1OC(OC2=Cc3c(cc(O)cc3OC3OC(CO)C(O)C(O)C3O)OC2c2ccc(O)cc2)C(OC2OC(CO)C(O)C(O)C2O)C(O)C1O. The van der Waals surface area contributed by atoms with Crippen molar-refractivity contribution in [3.05, 3.63) is 89.2 Å². The molecule has 22 heteroatoms. The van der Waals surface area contributed by atoms with Crippen LogP contribution in [0.1, 0.15) is 22.8 Å². The topological polar surface area (TPSA) is 354 Å². The third kappa shape index (κ3) is 10.0. The summed E-state index contributed by atoms with van der Waals surface area (Å²) in [4.78, 5) is 12.8. The Labute approximate surface area is 362 Å². The summed E-state index contributed by atoms with van der Waals surface area (Å²) in [5.41, 5.74) is 0.835. The molecule has 4 heterocycles. The monoisotopic (exact) mass is 904 g/mol. The van der Waals surface area contributed by atoms with Crippen LogP contribution >= 0.6 is 0 Å². The van der Waals surface area contributed by atoms with Crippen LogP contribution in [-0.4, -0.2) is 184 Å². The van der Waals surface area contributed by atoms with Crippen molar-refractivity contribution in [1.29, 1.82) is 0 Å². The number of carbonyl (C=O) groups excluding carboxylic acids is 1. The van der Waals surface area contributed by atoms with E-state index in [2.05, 4.69) is 0 Å². The smallest absolute Gasteiger partial charge is 0.330 e. The van der Waals surface area contributed by atoms with E-state index in [0.29, 0.717) is 11.1 Å². The van der Waals surface area contributed by atoms with Crippen molar-refractivity contribution in [2.75, 3.05) is 19.8 Å². The second-order valence-electron chi connectivity index (χ2n) is 15.3. The van der Waals surface area contributed by atoms with Gasteiger partial charge < -0.3 is 104 Å². The number of ether oxygens (including phenoxy) is 8. The van der Waals surface area contributed by atoms with Gasteiger partial charge in [-0.25, -0.2) is 4.79 Å². The zero-order valence-electron chi connectivity index (χ0n) is 33.4. The molecule has 0 spiro atoms. The molecule has 3 fully saturated rings. The maximum Gasteiger partial charge on any atom is 0.330 e. The Kier molecular flexibility index (Phi) is 14.6. The molecular formula is C42H48O22. The summed E-state index contributed by atoms with van der Waals surface area (Å²) >= 11 is 0. The Hall–Kier alpha value is -5.15. The van der Waals surface area contributed by atoms with Crippen LogP contribution in [0.4, 0.5) is 0 Å². The number of carbonyl (C=O) groups is 1. The Bertz CT molecular complexity index is 2110. The highest BCUT2D eigenvalue weighted by Gasteiger charge is 2.52. The van der Waals surface area contributed by atoms with Crippen LogP contribution in [0, 0.1) is 0 Å². The lowest BCUT2D eigenvalue weighted by Crippen LogP contribution is -2.64. The summed E-state index contributed by atoms with van der Waals surface area (Å²) in [7, 11) is 0. The first kappa shape index (κ1) is 46.8. The fourth-order valence-corrected chi connectivity index (χ4v) is 7.31. The van der Waals surface area contributed by atoms with Crippen LogP contribution < -0.4 is 9.47 Å². The maximum absolute atomic E-state index is 12.8. The predicted octanol–water partition coefficient (Wildman–Crippen LogP) is -2.64. The molecule has 3 saturated heterocycles. The molecule has 0 amide bonds. The molecular weight excluding hydrogens is 856 g/mol. The van der Waals surface area contributed by atoms with Gasteiger partial charge in [-0.15, -0.1) is 0 Å². The number of rotatable bonds is 13. The number of benzene rings is 3. The summed E-state index contributed by atoms with van der Waals surface area (Å²) in [6.45, 7) is -2.31. The van der Waals surface area contributed by atoms with Crippen molar-refractivity contribution < 1.29 is 109 Å².